The lowest BCUT2D eigenvalue weighted by molar-refractivity contribution is 0.602. The van der Waals surface area contributed by atoms with Gasteiger partial charge in [-0.05, 0) is 35.4 Å². The molecule has 2 rings (SSSR count). The van der Waals surface area contributed by atoms with Crippen molar-refractivity contribution in [1.29, 1.82) is 5.26 Å². The largest absolute Gasteiger partial charge is 0.224 e. The second kappa shape index (κ2) is 4.63. The van der Waals surface area contributed by atoms with Crippen LogP contribution >= 0.6 is 0 Å². The van der Waals surface area contributed by atoms with Crippen LogP contribution in [0.25, 0.3) is 11.1 Å². The number of hydrogen-bond acceptors (Lipinski definition) is 3. The van der Waals surface area contributed by atoms with Crippen molar-refractivity contribution in [2.24, 2.45) is 0 Å². The number of nitrogens with zero attached hydrogens (tertiary/aromatic N) is 1. The second-order valence-corrected chi connectivity index (χ2v) is 6.00. The van der Waals surface area contributed by atoms with Crippen LogP contribution in [0.2, 0.25) is 0 Å². The van der Waals surface area contributed by atoms with Gasteiger partial charge in [0.1, 0.15) is 0 Å². The summed E-state index contributed by atoms with van der Waals surface area (Å²) in [5.74, 6) is 0. The molecule has 0 bridgehead atoms. The smallest absolute Gasteiger partial charge is 0.175 e. The summed E-state index contributed by atoms with van der Waals surface area (Å²) in [6.07, 6.45) is 1.19. The SMILES string of the molecule is CS(=O)(=O)c1cccc(-c2ccc(C#N)cc2)c1. The molecule has 0 unspecified atom stereocenters. The maximum atomic E-state index is 11.5. The van der Waals surface area contributed by atoms with E-state index in [9.17, 15) is 8.42 Å². The van der Waals surface area contributed by atoms with Crippen LogP contribution in [-0.2, 0) is 9.84 Å². The van der Waals surface area contributed by atoms with Crippen LogP contribution in [0, 0.1) is 11.3 Å². The van der Waals surface area contributed by atoms with Crippen molar-refractivity contribution < 1.29 is 8.42 Å². The lowest BCUT2D eigenvalue weighted by Crippen LogP contribution is -1.96. The highest BCUT2D eigenvalue weighted by Gasteiger charge is 2.08. The summed E-state index contributed by atoms with van der Waals surface area (Å²) in [5, 5.41) is 8.72. The highest BCUT2D eigenvalue weighted by atomic mass is 32.2. The third-order valence-electron chi connectivity index (χ3n) is 2.61. The zero-order chi connectivity index (χ0) is 13.2. The van der Waals surface area contributed by atoms with Gasteiger partial charge in [0.15, 0.2) is 9.84 Å². The number of rotatable bonds is 2. The molecule has 0 spiro atoms. The fourth-order valence-corrected chi connectivity index (χ4v) is 2.31. The van der Waals surface area contributed by atoms with Gasteiger partial charge >= 0.3 is 0 Å². The third-order valence-corrected chi connectivity index (χ3v) is 3.72. The van der Waals surface area contributed by atoms with Gasteiger partial charge in [-0.25, -0.2) is 8.42 Å². The van der Waals surface area contributed by atoms with Gasteiger partial charge in [-0.2, -0.15) is 5.26 Å². The van der Waals surface area contributed by atoms with E-state index in [0.717, 1.165) is 11.1 Å². The van der Waals surface area contributed by atoms with Crippen molar-refractivity contribution in [2.45, 2.75) is 4.90 Å². The highest BCUT2D eigenvalue weighted by molar-refractivity contribution is 7.90. The number of hydrogen-bond donors (Lipinski definition) is 0. The van der Waals surface area contributed by atoms with Crippen molar-refractivity contribution in [3.63, 3.8) is 0 Å². The Bertz CT molecular complexity index is 710. The predicted octanol–water partition coefficient (Wildman–Crippen LogP) is 2.63. The molecule has 0 aliphatic heterocycles. The Morgan fingerprint density at radius 3 is 2.22 bits per heavy atom. The van der Waals surface area contributed by atoms with Crippen LogP contribution in [0.3, 0.4) is 0 Å². The van der Waals surface area contributed by atoms with Crippen LogP contribution in [0.5, 0.6) is 0 Å². The monoisotopic (exact) mass is 257 g/mol. The van der Waals surface area contributed by atoms with E-state index >= 15 is 0 Å². The fraction of sp³-hybridized carbons (Fsp3) is 0.0714. The van der Waals surface area contributed by atoms with E-state index < -0.39 is 9.84 Å². The van der Waals surface area contributed by atoms with Crippen molar-refractivity contribution in [3.8, 4) is 17.2 Å². The fourth-order valence-electron chi connectivity index (χ4n) is 1.64. The van der Waals surface area contributed by atoms with Gasteiger partial charge in [-0.1, -0.05) is 24.3 Å². The Labute approximate surface area is 106 Å². The quantitative estimate of drug-likeness (QED) is 0.831. The summed E-state index contributed by atoms with van der Waals surface area (Å²) >= 11 is 0. The van der Waals surface area contributed by atoms with Gasteiger partial charge < -0.3 is 0 Å². The Balaban J connectivity index is 2.48. The molecule has 3 nitrogen and oxygen atoms in total. The van der Waals surface area contributed by atoms with Crippen LogP contribution in [0.1, 0.15) is 5.56 Å². The molecule has 0 N–H and O–H groups in total. The molecule has 2 aromatic rings. The molecule has 0 aliphatic carbocycles. The number of nitriles is 1. The summed E-state index contributed by atoms with van der Waals surface area (Å²) in [6, 6.07) is 15.8. The molecule has 0 saturated heterocycles. The van der Waals surface area contributed by atoms with Gasteiger partial charge in [0.05, 0.1) is 16.5 Å². The maximum absolute atomic E-state index is 11.5. The lowest BCUT2D eigenvalue weighted by Gasteiger charge is -2.04. The molecule has 0 aliphatic rings. The Hall–Kier alpha value is -2.12. The Kier molecular flexibility index (Phi) is 3.17. The highest BCUT2D eigenvalue weighted by Crippen LogP contribution is 2.22. The molecular weight excluding hydrogens is 246 g/mol. The minimum absolute atomic E-state index is 0.296. The van der Waals surface area contributed by atoms with E-state index in [-0.39, 0.29) is 0 Å². The van der Waals surface area contributed by atoms with E-state index in [1.54, 1.807) is 42.5 Å². The molecular formula is C14H11NO2S. The van der Waals surface area contributed by atoms with E-state index in [0.29, 0.717) is 10.5 Å². The molecule has 2 aromatic carbocycles. The molecule has 0 aromatic heterocycles. The molecule has 0 amide bonds. The van der Waals surface area contributed by atoms with Crippen molar-refractivity contribution >= 4 is 9.84 Å². The molecule has 0 fully saturated rings. The summed E-state index contributed by atoms with van der Waals surface area (Å²) < 4.78 is 22.9. The molecule has 0 atom stereocenters. The summed E-state index contributed by atoms with van der Waals surface area (Å²) in [5.41, 5.74) is 2.29. The lowest BCUT2D eigenvalue weighted by atomic mass is 10.0. The van der Waals surface area contributed by atoms with E-state index in [1.165, 1.54) is 6.26 Å². The van der Waals surface area contributed by atoms with Gasteiger partial charge in [-0.3, -0.25) is 0 Å². The first-order chi connectivity index (χ1) is 8.50. The number of sulfone groups is 1. The molecule has 0 saturated carbocycles. The van der Waals surface area contributed by atoms with E-state index in [4.69, 9.17) is 5.26 Å². The number of benzene rings is 2. The minimum atomic E-state index is -3.20. The Morgan fingerprint density at radius 2 is 1.67 bits per heavy atom. The summed E-state index contributed by atoms with van der Waals surface area (Å²) in [4.78, 5) is 0.296. The minimum Gasteiger partial charge on any atom is -0.224 e. The first-order valence-corrected chi connectivity index (χ1v) is 7.20. The topological polar surface area (TPSA) is 57.9 Å². The van der Waals surface area contributed by atoms with Gasteiger partial charge in [0, 0.05) is 6.26 Å². The molecule has 18 heavy (non-hydrogen) atoms. The zero-order valence-electron chi connectivity index (χ0n) is 9.79. The average molecular weight is 257 g/mol. The molecule has 0 heterocycles. The maximum Gasteiger partial charge on any atom is 0.175 e. The molecule has 0 radical (unpaired) electrons. The van der Waals surface area contributed by atoms with Crippen molar-refractivity contribution in [2.75, 3.05) is 6.26 Å². The van der Waals surface area contributed by atoms with E-state index in [1.807, 2.05) is 12.1 Å². The van der Waals surface area contributed by atoms with Crippen LogP contribution < -0.4 is 0 Å². The molecule has 90 valence electrons. The van der Waals surface area contributed by atoms with Crippen LogP contribution in [0.15, 0.2) is 53.4 Å². The third kappa shape index (κ3) is 2.58. The average Bonchev–Trinajstić information content (AvgIpc) is 2.38. The van der Waals surface area contributed by atoms with Crippen LogP contribution in [0.4, 0.5) is 0 Å². The normalized spacial score (nSPS) is 10.9. The second-order valence-electron chi connectivity index (χ2n) is 3.99. The zero-order valence-corrected chi connectivity index (χ0v) is 10.6. The van der Waals surface area contributed by atoms with Gasteiger partial charge in [0.2, 0.25) is 0 Å². The first-order valence-electron chi connectivity index (χ1n) is 5.31. The summed E-state index contributed by atoms with van der Waals surface area (Å²) in [7, 11) is -3.20. The predicted molar refractivity (Wildman–Crippen MR) is 69.7 cm³/mol. The molecule has 4 heteroatoms. The van der Waals surface area contributed by atoms with E-state index in [2.05, 4.69) is 0 Å². The standard InChI is InChI=1S/C14H11NO2S/c1-18(16,17)14-4-2-3-13(9-14)12-7-5-11(10-15)6-8-12/h2-9H,1H3. The van der Waals surface area contributed by atoms with Crippen LogP contribution in [-0.4, -0.2) is 14.7 Å². The van der Waals surface area contributed by atoms with Gasteiger partial charge in [-0.15, -0.1) is 0 Å². The van der Waals surface area contributed by atoms with Crippen molar-refractivity contribution in [3.05, 3.63) is 54.1 Å². The first kappa shape index (κ1) is 12.3. The van der Waals surface area contributed by atoms with Gasteiger partial charge in [0.25, 0.3) is 0 Å². The van der Waals surface area contributed by atoms with Crippen molar-refractivity contribution in [1.82, 2.24) is 0 Å². The Morgan fingerprint density at radius 1 is 1.00 bits per heavy atom. The summed E-state index contributed by atoms with van der Waals surface area (Å²) in [6.45, 7) is 0.